The first-order chi connectivity index (χ1) is 17.0. The van der Waals surface area contributed by atoms with Crippen molar-refractivity contribution in [3.8, 4) is 5.69 Å². The van der Waals surface area contributed by atoms with Crippen molar-refractivity contribution in [1.29, 1.82) is 0 Å². The monoisotopic (exact) mass is 470 g/mol. The van der Waals surface area contributed by atoms with Gasteiger partial charge < -0.3 is 15.5 Å². The number of pyridine rings is 1. The number of aromatic nitrogens is 5. The highest BCUT2D eigenvalue weighted by molar-refractivity contribution is 5.77. The van der Waals surface area contributed by atoms with Crippen LogP contribution in [0.4, 0.5) is 17.5 Å². The number of hydrogen-bond donors (Lipinski definition) is 2. The quantitative estimate of drug-likeness (QED) is 0.445. The van der Waals surface area contributed by atoms with Crippen molar-refractivity contribution in [2.45, 2.75) is 51.7 Å². The third-order valence-electron chi connectivity index (χ3n) is 6.97. The van der Waals surface area contributed by atoms with Crippen molar-refractivity contribution in [1.82, 2.24) is 29.6 Å². The first-order valence-electron chi connectivity index (χ1n) is 12.3. The molecule has 1 aliphatic heterocycles. The third-order valence-corrected chi connectivity index (χ3v) is 6.97. The van der Waals surface area contributed by atoms with Crippen molar-refractivity contribution in [3.05, 3.63) is 64.2 Å². The summed E-state index contributed by atoms with van der Waals surface area (Å²) in [5.41, 5.74) is 5.02. The van der Waals surface area contributed by atoms with E-state index < -0.39 is 0 Å². The Morgan fingerprint density at radius 1 is 1.14 bits per heavy atom. The lowest BCUT2D eigenvalue weighted by Crippen LogP contribution is -2.27. The van der Waals surface area contributed by atoms with Gasteiger partial charge in [-0.3, -0.25) is 4.79 Å². The molecule has 4 heterocycles. The lowest BCUT2D eigenvalue weighted by Gasteiger charge is -2.23. The number of anilines is 3. The van der Waals surface area contributed by atoms with Crippen LogP contribution >= 0.6 is 0 Å². The molecular weight excluding hydrogens is 440 g/mol. The molecule has 0 radical (unpaired) electrons. The van der Waals surface area contributed by atoms with Gasteiger partial charge in [0.05, 0.1) is 11.7 Å². The van der Waals surface area contributed by atoms with Crippen LogP contribution < -0.4 is 21.1 Å². The van der Waals surface area contributed by atoms with E-state index in [1.165, 1.54) is 11.1 Å². The van der Waals surface area contributed by atoms with Gasteiger partial charge in [0.1, 0.15) is 11.2 Å². The van der Waals surface area contributed by atoms with Crippen LogP contribution in [0.3, 0.4) is 0 Å². The van der Waals surface area contributed by atoms with Crippen molar-refractivity contribution in [3.63, 3.8) is 0 Å². The zero-order valence-corrected chi connectivity index (χ0v) is 20.3. The van der Waals surface area contributed by atoms with Crippen molar-refractivity contribution < 1.29 is 0 Å². The van der Waals surface area contributed by atoms with Gasteiger partial charge in [-0.1, -0.05) is 6.07 Å². The fourth-order valence-electron chi connectivity index (χ4n) is 4.64. The largest absolute Gasteiger partial charge is 0.357 e. The second-order valence-corrected chi connectivity index (χ2v) is 9.74. The Bertz CT molecular complexity index is 1470. The molecule has 180 valence electrons. The molecule has 9 heteroatoms. The highest BCUT2D eigenvalue weighted by Crippen LogP contribution is 2.36. The van der Waals surface area contributed by atoms with Crippen LogP contribution in [0.2, 0.25) is 0 Å². The Morgan fingerprint density at radius 2 is 2.00 bits per heavy atom. The van der Waals surface area contributed by atoms with Crippen molar-refractivity contribution in [2.24, 2.45) is 0 Å². The van der Waals surface area contributed by atoms with Crippen LogP contribution in [0.25, 0.3) is 16.7 Å². The van der Waals surface area contributed by atoms with Gasteiger partial charge >= 0.3 is 0 Å². The Morgan fingerprint density at radius 3 is 2.80 bits per heavy atom. The van der Waals surface area contributed by atoms with Gasteiger partial charge in [-0.05, 0) is 69.0 Å². The maximum atomic E-state index is 13.4. The number of fused-ring (bicyclic) bond motifs is 2. The second-order valence-electron chi connectivity index (χ2n) is 9.74. The normalized spacial score (nSPS) is 15.4. The van der Waals surface area contributed by atoms with Crippen LogP contribution in [0.15, 0.2) is 47.5 Å². The molecule has 0 saturated heterocycles. The molecule has 1 aromatic carbocycles. The fourth-order valence-corrected chi connectivity index (χ4v) is 4.64. The van der Waals surface area contributed by atoms with E-state index in [9.17, 15) is 4.79 Å². The van der Waals surface area contributed by atoms with Gasteiger partial charge in [0, 0.05) is 43.8 Å². The molecule has 2 N–H and O–H groups in total. The highest BCUT2D eigenvalue weighted by atomic mass is 16.1. The van der Waals surface area contributed by atoms with E-state index in [2.05, 4.69) is 57.5 Å². The summed E-state index contributed by atoms with van der Waals surface area (Å²) in [6, 6.07) is 10.8. The maximum absolute atomic E-state index is 13.4. The number of hydrogen-bond acceptors (Lipinski definition) is 7. The number of nitrogens with zero attached hydrogens (tertiary/aromatic N) is 6. The lowest BCUT2D eigenvalue weighted by molar-refractivity contribution is 0.559. The summed E-state index contributed by atoms with van der Waals surface area (Å²) in [5, 5.41) is 7.29. The summed E-state index contributed by atoms with van der Waals surface area (Å²) < 4.78 is 3.78. The minimum Gasteiger partial charge on any atom is -0.357 e. The number of rotatable bonds is 6. The van der Waals surface area contributed by atoms with E-state index >= 15 is 0 Å². The van der Waals surface area contributed by atoms with Crippen LogP contribution in [0.5, 0.6) is 0 Å². The summed E-state index contributed by atoms with van der Waals surface area (Å²) in [6.45, 7) is 6.13. The molecule has 0 atom stereocenters. The minimum atomic E-state index is -0.0514. The van der Waals surface area contributed by atoms with Gasteiger partial charge in [-0.15, -0.1) is 0 Å². The zero-order chi connectivity index (χ0) is 24.1. The summed E-state index contributed by atoms with van der Waals surface area (Å²) in [6.07, 6.45) is 6.45. The van der Waals surface area contributed by atoms with Gasteiger partial charge in [0.15, 0.2) is 5.65 Å². The van der Waals surface area contributed by atoms with Crippen LogP contribution in [-0.4, -0.2) is 43.9 Å². The van der Waals surface area contributed by atoms with E-state index in [0.29, 0.717) is 23.0 Å². The molecule has 1 aliphatic carbocycles. The Balaban J connectivity index is 1.44. The third kappa shape index (κ3) is 3.95. The minimum absolute atomic E-state index is 0.0514. The molecule has 9 nitrogen and oxygen atoms in total. The number of benzene rings is 1. The Hall–Kier alpha value is -3.72. The molecule has 1 saturated carbocycles. The van der Waals surface area contributed by atoms with Gasteiger partial charge in [0.25, 0.3) is 5.56 Å². The first-order valence-corrected chi connectivity index (χ1v) is 12.3. The fraction of sp³-hybridized carbons (Fsp3) is 0.385. The molecule has 35 heavy (non-hydrogen) atoms. The van der Waals surface area contributed by atoms with Crippen LogP contribution in [-0.2, 0) is 13.0 Å². The molecule has 4 aromatic rings. The molecule has 3 aromatic heterocycles. The average Bonchev–Trinajstić information content (AvgIpc) is 3.67. The molecule has 0 unspecified atom stereocenters. The molecular formula is C26H30N8O. The Labute approximate surface area is 203 Å². The maximum Gasteiger partial charge on any atom is 0.278 e. The summed E-state index contributed by atoms with van der Waals surface area (Å²) >= 11 is 0. The number of nitrogens with one attached hydrogen (secondary N) is 2. The van der Waals surface area contributed by atoms with E-state index in [1.807, 2.05) is 28.5 Å². The molecule has 1 fully saturated rings. The smallest absolute Gasteiger partial charge is 0.278 e. The van der Waals surface area contributed by atoms with Crippen molar-refractivity contribution >= 4 is 28.5 Å². The first kappa shape index (κ1) is 21.8. The molecule has 2 aliphatic rings. The van der Waals surface area contributed by atoms with Crippen LogP contribution in [0.1, 0.15) is 43.9 Å². The lowest BCUT2D eigenvalue weighted by atomic mass is 10.0. The zero-order valence-electron chi connectivity index (χ0n) is 20.3. The highest BCUT2D eigenvalue weighted by Gasteiger charge is 2.31. The summed E-state index contributed by atoms with van der Waals surface area (Å²) in [5.74, 6) is 1.32. The molecule has 0 spiro atoms. The summed E-state index contributed by atoms with van der Waals surface area (Å²) in [4.78, 5) is 29.3. The topological polar surface area (TPSA) is 92.9 Å². The molecule has 6 rings (SSSR count). The van der Waals surface area contributed by atoms with Gasteiger partial charge in [-0.25, -0.2) is 19.3 Å². The van der Waals surface area contributed by atoms with E-state index in [0.717, 1.165) is 49.5 Å². The molecule has 0 bridgehead atoms. The average molecular weight is 471 g/mol. The second kappa shape index (κ2) is 8.49. The standard InChI is InChI=1S/C26H30N8O/c1-16(2)32(3)23-13-21(9-11-28-23)33-24-22(25(35)34(33)20-6-7-20)15-29-26(31-24)30-19-5-4-17-8-10-27-14-18(17)12-19/h4-5,9,11-13,15-16,20,27H,6-8,10,14H2,1-3H3,(H,29,30,31). The van der Waals surface area contributed by atoms with Gasteiger partial charge in [-0.2, -0.15) is 4.98 Å². The predicted molar refractivity (Wildman–Crippen MR) is 138 cm³/mol. The SMILES string of the molecule is CC(C)N(C)c1cc(-n2c3nc(Nc4ccc5c(c4)CNCC5)ncc3c(=O)n2C2CC2)ccn1. The summed E-state index contributed by atoms with van der Waals surface area (Å²) in [7, 11) is 2.02. The van der Waals surface area contributed by atoms with E-state index in [-0.39, 0.29) is 11.6 Å². The van der Waals surface area contributed by atoms with Gasteiger partial charge in [0.2, 0.25) is 5.95 Å². The van der Waals surface area contributed by atoms with Crippen LogP contribution in [0, 0.1) is 0 Å². The predicted octanol–water partition coefficient (Wildman–Crippen LogP) is 3.55. The molecule has 0 amide bonds. The van der Waals surface area contributed by atoms with E-state index in [4.69, 9.17) is 4.98 Å². The van der Waals surface area contributed by atoms with E-state index in [1.54, 1.807) is 12.4 Å². The Kier molecular flexibility index (Phi) is 5.29. The van der Waals surface area contributed by atoms with Crippen molar-refractivity contribution in [2.75, 3.05) is 23.8 Å².